The van der Waals surface area contributed by atoms with Crippen molar-refractivity contribution in [2.75, 3.05) is 19.8 Å². The number of aromatic hydroxyl groups is 4. The quantitative estimate of drug-likeness (QED) is 0.0541. The molecule has 2 aromatic rings. The van der Waals surface area contributed by atoms with Crippen LogP contribution in [0.5, 0.6) is 23.0 Å². The zero-order chi connectivity index (χ0) is 40.1. The normalized spacial score (nSPS) is 36.9. The average molecular weight is 787 g/mol. The van der Waals surface area contributed by atoms with Gasteiger partial charge in [-0.25, -0.2) is 4.79 Å². The van der Waals surface area contributed by atoms with Crippen molar-refractivity contribution >= 4 is 12.0 Å². The van der Waals surface area contributed by atoms with E-state index in [0.717, 1.165) is 12.1 Å². The minimum Gasteiger partial charge on any atom is -0.508 e. The second-order valence-corrected chi connectivity index (χ2v) is 13.3. The van der Waals surface area contributed by atoms with Crippen LogP contribution in [0.3, 0.4) is 0 Å². The van der Waals surface area contributed by atoms with Gasteiger partial charge in [-0.3, -0.25) is 0 Å². The lowest BCUT2D eigenvalue weighted by atomic mass is 9.96. The van der Waals surface area contributed by atoms with Gasteiger partial charge in [0, 0.05) is 12.1 Å². The third kappa shape index (κ3) is 10.2. The molecule has 0 aliphatic carbocycles. The van der Waals surface area contributed by atoms with Crippen molar-refractivity contribution in [2.45, 2.75) is 105 Å². The van der Waals surface area contributed by atoms with Gasteiger partial charge < -0.3 is 94.4 Å². The maximum atomic E-state index is 13.3. The van der Waals surface area contributed by atoms with E-state index in [0.29, 0.717) is 5.56 Å². The molecule has 3 aliphatic rings. The lowest BCUT2D eigenvalue weighted by molar-refractivity contribution is -0.364. The van der Waals surface area contributed by atoms with Gasteiger partial charge in [0.2, 0.25) is 0 Å². The summed E-state index contributed by atoms with van der Waals surface area (Å²) in [6.07, 6.45) is -22.7. The van der Waals surface area contributed by atoms with Crippen molar-refractivity contribution in [1.82, 2.24) is 0 Å². The van der Waals surface area contributed by atoms with Crippen LogP contribution in [0.4, 0.5) is 0 Å². The standard InChI is InChI=1S/C35H46O20/c1-14-24(42)26(44)29(47)35(51-14)55-32-30(48)34(49-7-6-15-2-4-19(39)20(40)10-15)53-22(13-50-33-28(46)27(45)25(43)21(12-36)52-33)31(32)54-23(41)5-3-16-8-17(37)11-18(38)9-16/h2-5,8-11,14,21-22,24-40,42-48H,6-7,12-13H2,1H3/b5-3+/t14-,21+,22+,24-,25+,26+,27-,28+,29+,30+,31+,32+,33+,34+,35-/m0/s1. The Morgan fingerprint density at radius 2 is 1.33 bits per heavy atom. The Balaban J connectivity index is 1.44. The molecule has 3 saturated heterocycles. The van der Waals surface area contributed by atoms with E-state index in [1.54, 1.807) is 0 Å². The average Bonchev–Trinajstić information content (AvgIpc) is 3.14. The van der Waals surface area contributed by atoms with Gasteiger partial charge in [0.1, 0.15) is 72.5 Å². The fraction of sp³-hybridized carbons (Fsp3) is 0.571. The van der Waals surface area contributed by atoms with Gasteiger partial charge >= 0.3 is 5.97 Å². The van der Waals surface area contributed by atoms with E-state index >= 15 is 0 Å². The van der Waals surface area contributed by atoms with E-state index in [1.165, 1.54) is 43.3 Å². The smallest absolute Gasteiger partial charge is 0.331 e. The number of carbonyl (C=O) groups excluding carboxylic acids is 1. The van der Waals surface area contributed by atoms with Crippen LogP contribution in [0, 0.1) is 0 Å². The van der Waals surface area contributed by atoms with Crippen LogP contribution >= 0.6 is 0 Å². The highest BCUT2D eigenvalue weighted by molar-refractivity contribution is 5.87. The van der Waals surface area contributed by atoms with Crippen LogP contribution in [-0.2, 0) is 44.4 Å². The first-order chi connectivity index (χ1) is 26.1. The SMILES string of the molecule is C[C@@H]1O[C@@H](O[C@@H]2[C@@H](O)[C@H](OCCc3ccc(O)c(O)c3)O[C@H](CO[C@@H]3O[C@H](CO)[C@@H](O)[C@H](O)[C@H]3O)[C@H]2OC(=O)/C=C/c2cc(O)cc(O)c2)[C@H](O)[C@H](O)[C@H]1O. The maximum absolute atomic E-state index is 13.3. The summed E-state index contributed by atoms with van der Waals surface area (Å²) in [6.45, 7) is -0.266. The van der Waals surface area contributed by atoms with Crippen molar-refractivity contribution in [1.29, 1.82) is 0 Å². The molecule has 3 fully saturated rings. The molecule has 0 spiro atoms. The van der Waals surface area contributed by atoms with Gasteiger partial charge in [-0.15, -0.1) is 0 Å². The van der Waals surface area contributed by atoms with Gasteiger partial charge in [0.05, 0.1) is 25.9 Å². The highest BCUT2D eigenvalue weighted by Crippen LogP contribution is 2.33. The van der Waals surface area contributed by atoms with Crippen molar-refractivity contribution < 1.29 is 99.2 Å². The van der Waals surface area contributed by atoms with E-state index < -0.39 is 117 Å². The first-order valence-corrected chi connectivity index (χ1v) is 17.2. The van der Waals surface area contributed by atoms with Gasteiger partial charge in [-0.1, -0.05) is 6.07 Å². The number of aliphatic hydroxyl groups excluding tert-OH is 8. The monoisotopic (exact) mass is 786 g/mol. The molecule has 55 heavy (non-hydrogen) atoms. The van der Waals surface area contributed by atoms with E-state index in [4.69, 9.17) is 33.2 Å². The minimum atomic E-state index is -1.89. The van der Waals surface area contributed by atoms with E-state index in [2.05, 4.69) is 0 Å². The summed E-state index contributed by atoms with van der Waals surface area (Å²) >= 11 is 0. The molecule has 15 atom stereocenters. The second kappa shape index (κ2) is 18.5. The molecule has 0 saturated carbocycles. The number of phenols is 4. The number of hydrogen-bond acceptors (Lipinski definition) is 20. The predicted molar refractivity (Wildman–Crippen MR) is 180 cm³/mol. The minimum absolute atomic E-state index is 0.109. The highest BCUT2D eigenvalue weighted by atomic mass is 16.8. The van der Waals surface area contributed by atoms with Gasteiger partial charge in [-0.05, 0) is 54.8 Å². The van der Waals surface area contributed by atoms with E-state index in [9.17, 15) is 66.1 Å². The molecular weight excluding hydrogens is 740 g/mol. The maximum Gasteiger partial charge on any atom is 0.331 e. The number of rotatable bonds is 13. The summed E-state index contributed by atoms with van der Waals surface area (Å²) in [5.41, 5.74) is 0.690. The summed E-state index contributed by atoms with van der Waals surface area (Å²) in [5, 5.41) is 123. The third-order valence-electron chi connectivity index (χ3n) is 9.29. The molecular formula is C35H46O20. The van der Waals surface area contributed by atoms with E-state index in [1.807, 2.05) is 0 Å². The predicted octanol–water partition coefficient (Wildman–Crippen LogP) is -3.19. The zero-order valence-corrected chi connectivity index (χ0v) is 29.2. The molecule has 306 valence electrons. The number of carbonyl (C=O) groups is 1. The highest BCUT2D eigenvalue weighted by Gasteiger charge is 2.53. The van der Waals surface area contributed by atoms with Gasteiger partial charge in [-0.2, -0.15) is 0 Å². The summed E-state index contributed by atoms with van der Waals surface area (Å²) in [5.74, 6) is -2.46. The largest absolute Gasteiger partial charge is 0.508 e. The number of ether oxygens (including phenoxy) is 7. The second-order valence-electron chi connectivity index (χ2n) is 13.3. The number of phenolic OH excluding ortho intramolecular Hbond substituents is 4. The summed E-state index contributed by atoms with van der Waals surface area (Å²) < 4.78 is 40.2. The lowest BCUT2D eigenvalue weighted by Crippen LogP contribution is -2.65. The molecule has 0 unspecified atom stereocenters. The summed E-state index contributed by atoms with van der Waals surface area (Å²) in [7, 11) is 0. The molecule has 12 N–H and O–H groups in total. The van der Waals surface area contributed by atoms with Crippen LogP contribution in [0.15, 0.2) is 42.5 Å². The van der Waals surface area contributed by atoms with Crippen molar-refractivity contribution in [2.24, 2.45) is 0 Å². The van der Waals surface area contributed by atoms with Crippen LogP contribution in [0.2, 0.25) is 0 Å². The van der Waals surface area contributed by atoms with Crippen molar-refractivity contribution in [3.8, 4) is 23.0 Å². The number of esters is 1. The Morgan fingerprint density at radius 1 is 0.691 bits per heavy atom. The molecule has 0 radical (unpaired) electrons. The first kappa shape index (κ1) is 42.4. The molecule has 2 aromatic carbocycles. The molecule has 0 amide bonds. The Kier molecular flexibility index (Phi) is 14.3. The molecule has 0 bridgehead atoms. The Hall–Kier alpha value is -3.71. The Bertz CT molecular complexity index is 1590. The van der Waals surface area contributed by atoms with Gasteiger partial charge in [0.25, 0.3) is 0 Å². The van der Waals surface area contributed by atoms with Crippen molar-refractivity contribution in [3.63, 3.8) is 0 Å². The van der Waals surface area contributed by atoms with Crippen molar-refractivity contribution in [3.05, 3.63) is 53.6 Å². The van der Waals surface area contributed by atoms with Crippen LogP contribution in [0.25, 0.3) is 6.08 Å². The molecule has 20 heteroatoms. The van der Waals surface area contributed by atoms with Crippen LogP contribution in [0.1, 0.15) is 18.1 Å². The summed E-state index contributed by atoms with van der Waals surface area (Å²) in [6, 6.07) is 7.55. The molecule has 20 nitrogen and oxygen atoms in total. The Morgan fingerprint density at radius 3 is 2.00 bits per heavy atom. The fourth-order valence-electron chi connectivity index (χ4n) is 6.21. The van der Waals surface area contributed by atoms with Crippen LogP contribution in [-0.4, -0.2) is 179 Å². The number of benzene rings is 2. The van der Waals surface area contributed by atoms with Crippen LogP contribution < -0.4 is 0 Å². The lowest BCUT2D eigenvalue weighted by Gasteiger charge is -2.47. The first-order valence-electron chi connectivity index (χ1n) is 17.2. The van der Waals surface area contributed by atoms with E-state index in [-0.39, 0.29) is 35.8 Å². The molecule has 3 aliphatic heterocycles. The number of aliphatic hydroxyl groups is 8. The molecule has 3 heterocycles. The zero-order valence-electron chi connectivity index (χ0n) is 29.2. The molecule has 5 rings (SSSR count). The molecule has 0 aromatic heterocycles. The number of hydrogen-bond donors (Lipinski definition) is 12. The van der Waals surface area contributed by atoms with Gasteiger partial charge in [0.15, 0.2) is 36.5 Å². The Labute approximate surface area is 313 Å². The topological polar surface area (TPSA) is 324 Å². The fourth-order valence-corrected chi connectivity index (χ4v) is 6.21. The third-order valence-corrected chi connectivity index (χ3v) is 9.29. The summed E-state index contributed by atoms with van der Waals surface area (Å²) in [4.78, 5) is 13.3.